The normalized spacial score (nSPS) is 18.2. The number of benzene rings is 1. The second-order valence-corrected chi connectivity index (χ2v) is 6.55. The minimum atomic E-state index is 0.645. The third-order valence-electron chi connectivity index (χ3n) is 3.81. The first-order valence-corrected chi connectivity index (χ1v) is 8.51. The summed E-state index contributed by atoms with van der Waals surface area (Å²) in [5.74, 6) is 0.645. The van der Waals surface area contributed by atoms with E-state index in [9.17, 15) is 0 Å². The average Bonchev–Trinajstić information content (AvgIpc) is 3.16. The Labute approximate surface area is 130 Å². The number of hydrogen-bond donors (Lipinski definition) is 1. The highest BCUT2D eigenvalue weighted by Gasteiger charge is 2.20. The Morgan fingerprint density at radius 1 is 1.33 bits per heavy atom. The van der Waals surface area contributed by atoms with Crippen molar-refractivity contribution in [3.63, 3.8) is 0 Å². The Hall–Kier alpha value is -1.23. The zero-order chi connectivity index (χ0) is 14.5. The van der Waals surface area contributed by atoms with Crippen LogP contribution in [0.4, 0.5) is 0 Å². The topological polar surface area (TPSA) is 34.2 Å². The number of aromatic nitrogens is 1. The molecule has 1 aromatic carbocycles. The molecule has 3 rings (SSSR count). The van der Waals surface area contributed by atoms with Crippen molar-refractivity contribution in [3.8, 4) is 10.4 Å². The van der Waals surface area contributed by atoms with E-state index in [0.29, 0.717) is 5.92 Å². The van der Waals surface area contributed by atoms with Crippen LogP contribution in [-0.4, -0.2) is 24.7 Å². The molecule has 1 unspecified atom stereocenters. The van der Waals surface area contributed by atoms with Crippen molar-refractivity contribution in [2.75, 3.05) is 19.8 Å². The molecule has 0 radical (unpaired) electrons. The van der Waals surface area contributed by atoms with Crippen molar-refractivity contribution < 1.29 is 4.74 Å². The lowest BCUT2D eigenvalue weighted by atomic mass is 10.1. The molecule has 1 fully saturated rings. The predicted octanol–water partition coefficient (Wildman–Crippen LogP) is 3.50. The molecule has 2 aromatic rings. The van der Waals surface area contributed by atoms with Gasteiger partial charge in [-0.1, -0.05) is 37.3 Å². The summed E-state index contributed by atoms with van der Waals surface area (Å²) in [4.78, 5) is 6.20. The van der Waals surface area contributed by atoms with Crippen LogP contribution in [0.2, 0.25) is 0 Å². The maximum absolute atomic E-state index is 5.48. The van der Waals surface area contributed by atoms with Gasteiger partial charge in [0.1, 0.15) is 0 Å². The van der Waals surface area contributed by atoms with Gasteiger partial charge in [0.2, 0.25) is 0 Å². The van der Waals surface area contributed by atoms with E-state index in [4.69, 9.17) is 9.72 Å². The summed E-state index contributed by atoms with van der Waals surface area (Å²) in [6, 6.07) is 10.6. The first-order chi connectivity index (χ1) is 10.4. The van der Waals surface area contributed by atoms with Gasteiger partial charge < -0.3 is 10.1 Å². The van der Waals surface area contributed by atoms with Gasteiger partial charge in [-0.2, -0.15) is 0 Å². The number of nitrogens with one attached hydrogen (secondary N) is 1. The van der Waals surface area contributed by atoms with E-state index in [2.05, 4.69) is 42.6 Å². The minimum absolute atomic E-state index is 0.645. The lowest BCUT2D eigenvalue weighted by Crippen LogP contribution is -2.13. The molecule has 4 heteroatoms. The van der Waals surface area contributed by atoms with Crippen LogP contribution in [0, 0.1) is 5.92 Å². The molecule has 0 amide bonds. The smallest absolute Gasteiger partial charge is 0.0939 e. The van der Waals surface area contributed by atoms with Gasteiger partial charge in [-0.05, 0) is 24.4 Å². The van der Waals surface area contributed by atoms with E-state index in [-0.39, 0.29) is 0 Å². The van der Waals surface area contributed by atoms with Gasteiger partial charge in [0.25, 0.3) is 0 Å². The quantitative estimate of drug-likeness (QED) is 0.887. The van der Waals surface area contributed by atoms with Crippen LogP contribution in [0.5, 0.6) is 0 Å². The molecule has 1 aliphatic rings. The second kappa shape index (κ2) is 7.16. The molecule has 112 valence electrons. The van der Waals surface area contributed by atoms with Crippen LogP contribution in [0.15, 0.2) is 30.3 Å². The molecule has 1 saturated heterocycles. The summed E-state index contributed by atoms with van der Waals surface area (Å²) in [6.07, 6.45) is 2.22. The monoisotopic (exact) mass is 302 g/mol. The predicted molar refractivity (Wildman–Crippen MR) is 87.6 cm³/mol. The maximum atomic E-state index is 5.48. The highest BCUT2D eigenvalue weighted by Crippen LogP contribution is 2.32. The standard InChI is InChI=1S/C17H22N2OS/c1-2-18-11-15-17(14-6-4-3-5-7-14)21-16(19-15)10-13-8-9-20-12-13/h3-7,13,18H,2,8-12H2,1H3. The number of nitrogens with zero attached hydrogens (tertiary/aromatic N) is 1. The summed E-state index contributed by atoms with van der Waals surface area (Å²) < 4.78 is 5.48. The maximum Gasteiger partial charge on any atom is 0.0939 e. The van der Waals surface area contributed by atoms with Gasteiger partial charge in [-0.3, -0.25) is 0 Å². The molecule has 0 spiro atoms. The van der Waals surface area contributed by atoms with Crippen LogP contribution >= 0.6 is 11.3 Å². The summed E-state index contributed by atoms with van der Waals surface area (Å²) in [6.45, 7) is 5.75. The molecule has 1 aliphatic heterocycles. The average molecular weight is 302 g/mol. The molecule has 1 atom stereocenters. The van der Waals surface area contributed by atoms with Gasteiger partial charge in [-0.15, -0.1) is 11.3 Å². The lowest BCUT2D eigenvalue weighted by molar-refractivity contribution is 0.186. The van der Waals surface area contributed by atoms with Crippen molar-refractivity contribution in [2.24, 2.45) is 5.92 Å². The highest BCUT2D eigenvalue weighted by molar-refractivity contribution is 7.15. The fourth-order valence-electron chi connectivity index (χ4n) is 2.66. The lowest BCUT2D eigenvalue weighted by Gasteiger charge is -2.03. The van der Waals surface area contributed by atoms with E-state index in [1.165, 1.54) is 27.6 Å². The van der Waals surface area contributed by atoms with Gasteiger partial charge >= 0.3 is 0 Å². The first kappa shape index (κ1) is 14.7. The van der Waals surface area contributed by atoms with Gasteiger partial charge in [-0.25, -0.2) is 4.98 Å². The van der Waals surface area contributed by atoms with Gasteiger partial charge in [0.15, 0.2) is 0 Å². The van der Waals surface area contributed by atoms with Crippen LogP contribution in [0.3, 0.4) is 0 Å². The fourth-order valence-corrected chi connectivity index (χ4v) is 3.86. The molecule has 0 aliphatic carbocycles. The van der Waals surface area contributed by atoms with Crippen molar-refractivity contribution in [2.45, 2.75) is 26.3 Å². The van der Waals surface area contributed by atoms with E-state index in [1.54, 1.807) is 0 Å². The van der Waals surface area contributed by atoms with E-state index in [0.717, 1.165) is 32.7 Å². The van der Waals surface area contributed by atoms with Crippen LogP contribution < -0.4 is 5.32 Å². The molecule has 2 heterocycles. The molecule has 1 aromatic heterocycles. The van der Waals surface area contributed by atoms with Crippen molar-refractivity contribution in [1.29, 1.82) is 0 Å². The summed E-state index contributed by atoms with van der Waals surface area (Å²) in [5.41, 5.74) is 2.46. The van der Waals surface area contributed by atoms with Crippen molar-refractivity contribution in [1.82, 2.24) is 10.3 Å². The largest absolute Gasteiger partial charge is 0.381 e. The van der Waals surface area contributed by atoms with Crippen LogP contribution in [0.25, 0.3) is 10.4 Å². The second-order valence-electron chi connectivity index (χ2n) is 5.46. The molecular formula is C17H22N2OS. The van der Waals surface area contributed by atoms with Gasteiger partial charge in [0, 0.05) is 26.2 Å². The van der Waals surface area contributed by atoms with E-state index < -0.39 is 0 Å². The Balaban J connectivity index is 1.83. The van der Waals surface area contributed by atoms with E-state index in [1.807, 2.05) is 11.3 Å². The number of thiazole rings is 1. The Kier molecular flexibility index (Phi) is 5.01. The molecule has 3 nitrogen and oxygen atoms in total. The number of hydrogen-bond acceptors (Lipinski definition) is 4. The Bertz CT molecular complexity index is 561. The third kappa shape index (κ3) is 3.70. The third-order valence-corrected chi connectivity index (χ3v) is 4.98. The number of ether oxygens (including phenoxy) is 1. The molecular weight excluding hydrogens is 280 g/mol. The molecule has 1 N–H and O–H groups in total. The first-order valence-electron chi connectivity index (χ1n) is 7.69. The van der Waals surface area contributed by atoms with Crippen molar-refractivity contribution in [3.05, 3.63) is 41.0 Å². The molecule has 0 bridgehead atoms. The van der Waals surface area contributed by atoms with Crippen LogP contribution in [-0.2, 0) is 17.7 Å². The summed E-state index contributed by atoms with van der Waals surface area (Å²) >= 11 is 1.84. The fraction of sp³-hybridized carbons (Fsp3) is 0.471. The summed E-state index contributed by atoms with van der Waals surface area (Å²) in [7, 11) is 0. The highest BCUT2D eigenvalue weighted by atomic mass is 32.1. The molecule has 0 saturated carbocycles. The molecule has 21 heavy (non-hydrogen) atoms. The number of rotatable bonds is 6. The Morgan fingerprint density at radius 2 is 2.19 bits per heavy atom. The van der Waals surface area contributed by atoms with Crippen molar-refractivity contribution >= 4 is 11.3 Å². The SMILES string of the molecule is CCNCc1nc(CC2CCOC2)sc1-c1ccccc1. The summed E-state index contributed by atoms with van der Waals surface area (Å²) in [5, 5.41) is 4.65. The van der Waals surface area contributed by atoms with Gasteiger partial charge in [0.05, 0.1) is 15.6 Å². The minimum Gasteiger partial charge on any atom is -0.381 e. The Morgan fingerprint density at radius 3 is 2.90 bits per heavy atom. The zero-order valence-corrected chi connectivity index (χ0v) is 13.3. The van der Waals surface area contributed by atoms with Crippen LogP contribution in [0.1, 0.15) is 24.0 Å². The zero-order valence-electron chi connectivity index (χ0n) is 12.5. The van der Waals surface area contributed by atoms with E-state index >= 15 is 0 Å².